The van der Waals surface area contributed by atoms with Gasteiger partial charge < -0.3 is 14.6 Å². The van der Waals surface area contributed by atoms with Crippen molar-refractivity contribution < 1.29 is 9.53 Å². The van der Waals surface area contributed by atoms with Crippen LogP contribution in [-0.2, 0) is 11.2 Å². The van der Waals surface area contributed by atoms with Crippen molar-refractivity contribution in [2.75, 3.05) is 17.7 Å². The van der Waals surface area contributed by atoms with Gasteiger partial charge in [0.2, 0.25) is 5.91 Å². The van der Waals surface area contributed by atoms with Gasteiger partial charge in [-0.3, -0.25) is 4.79 Å². The predicted molar refractivity (Wildman–Crippen MR) is 85.4 cm³/mol. The largest absolute Gasteiger partial charge is 0.493 e. The SMILES string of the molecule is CC(C)n1cnnc1SCC(=O)Nc1ccc2c(c1)CCO2. The van der Waals surface area contributed by atoms with E-state index in [0.29, 0.717) is 12.4 Å². The third-order valence-electron chi connectivity index (χ3n) is 3.40. The summed E-state index contributed by atoms with van der Waals surface area (Å²) in [6.45, 7) is 4.83. The lowest BCUT2D eigenvalue weighted by molar-refractivity contribution is -0.113. The normalized spacial score (nSPS) is 13.0. The molecule has 1 amide bonds. The highest BCUT2D eigenvalue weighted by molar-refractivity contribution is 7.99. The van der Waals surface area contributed by atoms with E-state index in [-0.39, 0.29) is 11.9 Å². The van der Waals surface area contributed by atoms with Gasteiger partial charge in [0, 0.05) is 18.2 Å². The number of ether oxygens (including phenoxy) is 1. The Morgan fingerprint density at radius 2 is 2.36 bits per heavy atom. The molecule has 2 heterocycles. The molecule has 1 aromatic heterocycles. The van der Waals surface area contributed by atoms with Crippen LogP contribution in [0, 0.1) is 0 Å². The Balaban J connectivity index is 1.57. The fraction of sp³-hybridized carbons (Fsp3) is 0.400. The van der Waals surface area contributed by atoms with Crippen molar-refractivity contribution in [3.8, 4) is 5.75 Å². The molecule has 0 unspecified atom stereocenters. The molecule has 0 bridgehead atoms. The Kier molecular flexibility index (Phi) is 4.33. The molecular formula is C15H18N4O2S. The second-order valence-corrected chi connectivity index (χ2v) is 6.31. The molecule has 0 fully saturated rings. The monoisotopic (exact) mass is 318 g/mol. The Morgan fingerprint density at radius 1 is 1.50 bits per heavy atom. The van der Waals surface area contributed by atoms with Crippen molar-refractivity contribution in [1.29, 1.82) is 0 Å². The van der Waals surface area contributed by atoms with E-state index in [1.165, 1.54) is 11.8 Å². The van der Waals surface area contributed by atoms with Crippen LogP contribution in [0.2, 0.25) is 0 Å². The van der Waals surface area contributed by atoms with Gasteiger partial charge in [0.05, 0.1) is 12.4 Å². The summed E-state index contributed by atoms with van der Waals surface area (Å²) >= 11 is 1.39. The van der Waals surface area contributed by atoms with Crippen LogP contribution in [-0.4, -0.2) is 33.0 Å². The number of nitrogens with zero attached hydrogens (tertiary/aromatic N) is 3. The first-order valence-corrected chi connectivity index (χ1v) is 8.20. The van der Waals surface area contributed by atoms with Crippen molar-refractivity contribution >= 4 is 23.4 Å². The van der Waals surface area contributed by atoms with Crippen molar-refractivity contribution in [3.63, 3.8) is 0 Å². The number of amides is 1. The third kappa shape index (κ3) is 3.24. The smallest absolute Gasteiger partial charge is 0.234 e. The molecule has 0 saturated carbocycles. The first kappa shape index (κ1) is 14.9. The lowest BCUT2D eigenvalue weighted by Crippen LogP contribution is -2.14. The molecule has 0 saturated heterocycles. The average molecular weight is 318 g/mol. The minimum atomic E-state index is -0.0535. The molecule has 0 atom stereocenters. The lowest BCUT2D eigenvalue weighted by Gasteiger charge is -2.09. The molecule has 2 aromatic rings. The number of aromatic nitrogens is 3. The van der Waals surface area contributed by atoms with Crippen molar-refractivity contribution in [1.82, 2.24) is 14.8 Å². The maximum absolute atomic E-state index is 12.1. The Morgan fingerprint density at radius 3 is 3.18 bits per heavy atom. The van der Waals surface area contributed by atoms with Crippen LogP contribution in [0.3, 0.4) is 0 Å². The average Bonchev–Trinajstić information content (AvgIpc) is 3.13. The zero-order valence-electron chi connectivity index (χ0n) is 12.6. The third-order valence-corrected chi connectivity index (χ3v) is 4.36. The van der Waals surface area contributed by atoms with E-state index >= 15 is 0 Å². The highest BCUT2D eigenvalue weighted by Gasteiger charge is 2.14. The number of hydrogen-bond donors (Lipinski definition) is 1. The minimum Gasteiger partial charge on any atom is -0.493 e. The first-order valence-electron chi connectivity index (χ1n) is 7.21. The molecule has 1 aliphatic heterocycles. The second kappa shape index (κ2) is 6.39. The molecular weight excluding hydrogens is 300 g/mol. The number of hydrogen-bond acceptors (Lipinski definition) is 5. The number of fused-ring (bicyclic) bond motifs is 1. The Hall–Kier alpha value is -2.02. The first-order chi connectivity index (χ1) is 10.6. The van der Waals surface area contributed by atoms with Crippen LogP contribution in [0.5, 0.6) is 5.75 Å². The van der Waals surface area contributed by atoms with Crippen LogP contribution in [0.1, 0.15) is 25.5 Å². The van der Waals surface area contributed by atoms with Gasteiger partial charge in [-0.05, 0) is 37.6 Å². The van der Waals surface area contributed by atoms with Gasteiger partial charge in [0.1, 0.15) is 12.1 Å². The van der Waals surface area contributed by atoms with Crippen molar-refractivity contribution in [2.45, 2.75) is 31.5 Å². The second-order valence-electron chi connectivity index (χ2n) is 5.37. The number of anilines is 1. The van der Waals surface area contributed by atoms with Gasteiger partial charge in [0.25, 0.3) is 0 Å². The molecule has 1 N–H and O–H groups in total. The summed E-state index contributed by atoms with van der Waals surface area (Å²) in [6, 6.07) is 6.02. The van der Waals surface area contributed by atoms with Crippen LogP contribution >= 0.6 is 11.8 Å². The number of thioether (sulfide) groups is 1. The van der Waals surface area contributed by atoms with E-state index in [4.69, 9.17) is 4.74 Å². The molecule has 1 aromatic carbocycles. The predicted octanol–water partition coefficient (Wildman–Crippen LogP) is 2.52. The maximum atomic E-state index is 12.1. The summed E-state index contributed by atoms with van der Waals surface area (Å²) in [6.07, 6.45) is 2.58. The molecule has 1 aliphatic rings. The van der Waals surface area contributed by atoms with Gasteiger partial charge in [0.15, 0.2) is 5.16 Å². The van der Waals surface area contributed by atoms with E-state index in [9.17, 15) is 4.79 Å². The fourth-order valence-corrected chi connectivity index (χ4v) is 3.13. The molecule has 22 heavy (non-hydrogen) atoms. The molecule has 0 spiro atoms. The highest BCUT2D eigenvalue weighted by Crippen LogP contribution is 2.28. The van der Waals surface area contributed by atoms with Gasteiger partial charge in [-0.1, -0.05) is 11.8 Å². The fourth-order valence-electron chi connectivity index (χ4n) is 2.28. The minimum absolute atomic E-state index is 0.0535. The van der Waals surface area contributed by atoms with Crippen LogP contribution in [0.15, 0.2) is 29.7 Å². The summed E-state index contributed by atoms with van der Waals surface area (Å²) in [5, 5.41) is 11.6. The van der Waals surface area contributed by atoms with E-state index in [2.05, 4.69) is 29.4 Å². The number of carbonyl (C=O) groups excluding carboxylic acids is 1. The molecule has 0 radical (unpaired) electrons. The number of rotatable bonds is 5. The summed E-state index contributed by atoms with van der Waals surface area (Å²) in [7, 11) is 0. The Bertz CT molecular complexity index is 684. The number of benzene rings is 1. The van der Waals surface area contributed by atoms with Gasteiger partial charge >= 0.3 is 0 Å². The summed E-state index contributed by atoms with van der Waals surface area (Å²) < 4.78 is 7.40. The van der Waals surface area contributed by atoms with Gasteiger partial charge in [-0.2, -0.15) is 0 Å². The van der Waals surface area contributed by atoms with E-state index in [1.807, 2.05) is 22.8 Å². The van der Waals surface area contributed by atoms with Crippen LogP contribution in [0.25, 0.3) is 0 Å². The molecule has 116 valence electrons. The summed E-state index contributed by atoms with van der Waals surface area (Å²) in [5.74, 6) is 1.17. The number of nitrogens with one attached hydrogen (secondary N) is 1. The van der Waals surface area contributed by atoms with Crippen LogP contribution < -0.4 is 10.1 Å². The highest BCUT2D eigenvalue weighted by atomic mass is 32.2. The molecule has 6 nitrogen and oxygen atoms in total. The quantitative estimate of drug-likeness (QED) is 0.858. The maximum Gasteiger partial charge on any atom is 0.234 e. The lowest BCUT2D eigenvalue weighted by atomic mass is 10.1. The molecule has 0 aliphatic carbocycles. The van der Waals surface area contributed by atoms with Crippen molar-refractivity contribution in [2.24, 2.45) is 0 Å². The van der Waals surface area contributed by atoms with E-state index < -0.39 is 0 Å². The zero-order valence-corrected chi connectivity index (χ0v) is 13.4. The van der Waals surface area contributed by atoms with Gasteiger partial charge in [-0.25, -0.2) is 0 Å². The molecule has 3 rings (SSSR count). The standard InChI is InChI=1S/C15H18N4O2S/c1-10(2)19-9-16-18-15(19)22-8-14(20)17-12-3-4-13-11(7-12)5-6-21-13/h3-4,7,9-10H,5-6,8H2,1-2H3,(H,17,20). The zero-order chi connectivity index (χ0) is 15.5. The topological polar surface area (TPSA) is 69.0 Å². The van der Waals surface area contributed by atoms with E-state index in [1.54, 1.807) is 6.33 Å². The molecule has 7 heteroatoms. The van der Waals surface area contributed by atoms with E-state index in [0.717, 1.165) is 28.6 Å². The Labute approximate surface area is 133 Å². The van der Waals surface area contributed by atoms with Crippen LogP contribution in [0.4, 0.5) is 5.69 Å². The summed E-state index contributed by atoms with van der Waals surface area (Å²) in [4.78, 5) is 12.1. The summed E-state index contributed by atoms with van der Waals surface area (Å²) in [5.41, 5.74) is 1.95. The van der Waals surface area contributed by atoms with Crippen molar-refractivity contribution in [3.05, 3.63) is 30.1 Å². The van der Waals surface area contributed by atoms with Gasteiger partial charge in [-0.15, -0.1) is 10.2 Å². The number of carbonyl (C=O) groups is 1.